The number of aryl methyl sites for hydroxylation is 1. The quantitative estimate of drug-likeness (QED) is 0.303. The van der Waals surface area contributed by atoms with E-state index < -0.39 is 22.9 Å². The van der Waals surface area contributed by atoms with Crippen LogP contribution in [0, 0.1) is 6.92 Å². The Hall–Kier alpha value is -4.43. The lowest BCUT2D eigenvalue weighted by molar-refractivity contribution is -0.141. The third-order valence-electron chi connectivity index (χ3n) is 7.07. The summed E-state index contributed by atoms with van der Waals surface area (Å²) in [6, 6.07) is 14.7. The monoisotopic (exact) mass is 594 g/mol. The molecule has 0 spiro atoms. The number of pyridine rings is 1. The molecular weight excluding hydrogens is 569 g/mol. The minimum Gasteiger partial charge on any atom is -0.306 e. The van der Waals surface area contributed by atoms with E-state index in [0.717, 1.165) is 23.0 Å². The number of rotatable bonds is 6. The molecule has 1 aliphatic heterocycles. The highest BCUT2D eigenvalue weighted by molar-refractivity contribution is 7.82. The number of piperidine rings is 1. The van der Waals surface area contributed by atoms with Crippen molar-refractivity contribution in [2.75, 3.05) is 18.4 Å². The molecule has 6 rings (SSSR count). The molecule has 5 aromatic rings. The highest BCUT2D eigenvalue weighted by Crippen LogP contribution is 2.33. The molecule has 5 heterocycles. The number of aromatic nitrogens is 6. The van der Waals surface area contributed by atoms with Gasteiger partial charge in [0.25, 0.3) is 5.91 Å². The zero-order valence-corrected chi connectivity index (χ0v) is 23.1. The van der Waals surface area contributed by atoms with Crippen molar-refractivity contribution in [3.8, 4) is 5.69 Å². The predicted molar refractivity (Wildman–Crippen MR) is 148 cm³/mol. The molecule has 0 radical (unpaired) electrons. The first-order valence-electron chi connectivity index (χ1n) is 13.1. The highest BCUT2D eigenvalue weighted by Gasteiger charge is 2.34. The second kappa shape index (κ2) is 11.1. The zero-order valence-electron chi connectivity index (χ0n) is 22.3. The summed E-state index contributed by atoms with van der Waals surface area (Å²) in [7, 11) is -1.83. The topological polar surface area (TPSA) is 110 Å². The highest BCUT2D eigenvalue weighted by atomic mass is 32.2. The fraction of sp³-hybridized carbons (Fsp3) is 0.250. The molecule has 1 aromatic carbocycles. The second-order valence-electron chi connectivity index (χ2n) is 9.91. The summed E-state index contributed by atoms with van der Waals surface area (Å²) in [5.41, 5.74) is 2.24. The number of nitrogens with one attached hydrogen (secondary N) is 1. The van der Waals surface area contributed by atoms with Gasteiger partial charge in [0.05, 0.1) is 17.6 Å². The van der Waals surface area contributed by atoms with E-state index in [9.17, 15) is 22.2 Å². The van der Waals surface area contributed by atoms with Crippen LogP contribution in [0.4, 0.5) is 19.0 Å². The number of alkyl halides is 3. The van der Waals surface area contributed by atoms with E-state index >= 15 is 0 Å². The average molecular weight is 595 g/mol. The van der Waals surface area contributed by atoms with Crippen LogP contribution in [0.2, 0.25) is 0 Å². The molecule has 1 N–H and O–H groups in total. The SMILES string of the molecule is Cc1ccc(-n2nc(C3CCN(S(=O)c4cccc(C(F)(F)F)n4)CC3)cc2NC(=O)c2cnn3cccnc23)cc1. The second-order valence-corrected chi connectivity index (χ2v) is 11.3. The maximum absolute atomic E-state index is 13.3. The van der Waals surface area contributed by atoms with E-state index in [-0.39, 0.29) is 16.9 Å². The van der Waals surface area contributed by atoms with E-state index in [2.05, 4.69) is 20.4 Å². The lowest BCUT2D eigenvalue weighted by atomic mass is 9.95. The van der Waals surface area contributed by atoms with Crippen molar-refractivity contribution in [1.29, 1.82) is 0 Å². The number of benzene rings is 1. The summed E-state index contributed by atoms with van der Waals surface area (Å²) in [4.78, 5) is 21.1. The molecule has 1 saturated heterocycles. The Balaban J connectivity index is 1.22. The number of hydrogen-bond acceptors (Lipinski definition) is 6. The van der Waals surface area contributed by atoms with Gasteiger partial charge in [-0.15, -0.1) is 0 Å². The number of carbonyl (C=O) groups excluding carboxylic acids is 1. The Bertz CT molecular complexity index is 1780. The molecule has 0 aliphatic carbocycles. The van der Waals surface area contributed by atoms with Crippen LogP contribution in [0.5, 0.6) is 0 Å². The maximum atomic E-state index is 13.3. The van der Waals surface area contributed by atoms with Crippen molar-refractivity contribution < 1.29 is 22.2 Å². The lowest BCUT2D eigenvalue weighted by Gasteiger charge is -2.29. The summed E-state index contributed by atoms with van der Waals surface area (Å²) in [5, 5.41) is 11.8. The van der Waals surface area contributed by atoms with Gasteiger partial charge in [-0.05, 0) is 50.1 Å². The average Bonchev–Trinajstić information content (AvgIpc) is 3.62. The minimum absolute atomic E-state index is 0.0197. The van der Waals surface area contributed by atoms with Crippen molar-refractivity contribution in [1.82, 2.24) is 33.7 Å². The van der Waals surface area contributed by atoms with Gasteiger partial charge in [-0.25, -0.2) is 27.7 Å². The normalized spacial score (nSPS) is 15.6. The molecule has 1 aliphatic rings. The van der Waals surface area contributed by atoms with Gasteiger partial charge in [0.2, 0.25) is 0 Å². The van der Waals surface area contributed by atoms with Crippen LogP contribution in [0.25, 0.3) is 11.3 Å². The van der Waals surface area contributed by atoms with Gasteiger partial charge in [0.1, 0.15) is 33.1 Å². The van der Waals surface area contributed by atoms with E-state index in [4.69, 9.17) is 5.10 Å². The largest absolute Gasteiger partial charge is 0.433 e. The number of amides is 1. The standard InChI is InChI=1S/C28H25F3N8O2S/c1-18-6-8-20(9-7-18)39-24(35-27(40)21-17-33-38-13-3-12-32-26(21)38)16-22(36-39)19-10-14-37(15-11-19)42(41)25-5-2-4-23(34-25)28(29,30)31/h2-9,12-13,16-17,19H,10-11,14-15H2,1H3,(H,35,40). The van der Waals surface area contributed by atoms with Gasteiger partial charge in [-0.2, -0.15) is 23.4 Å². The van der Waals surface area contributed by atoms with Gasteiger partial charge < -0.3 is 5.32 Å². The first-order valence-corrected chi connectivity index (χ1v) is 14.3. The zero-order chi connectivity index (χ0) is 29.4. The van der Waals surface area contributed by atoms with Crippen LogP contribution in [-0.2, 0) is 17.2 Å². The molecule has 10 nitrogen and oxygen atoms in total. The van der Waals surface area contributed by atoms with Gasteiger partial charge in [-0.3, -0.25) is 4.79 Å². The fourth-order valence-electron chi connectivity index (χ4n) is 4.86. The molecule has 216 valence electrons. The fourth-order valence-corrected chi connectivity index (χ4v) is 6.04. The number of carbonyl (C=O) groups is 1. The van der Waals surface area contributed by atoms with Crippen LogP contribution < -0.4 is 5.32 Å². The van der Waals surface area contributed by atoms with Crippen LogP contribution in [0.15, 0.2) is 78.2 Å². The molecule has 1 unspecified atom stereocenters. The molecular formula is C28H25F3N8O2S. The van der Waals surface area contributed by atoms with Gasteiger partial charge in [0.15, 0.2) is 5.65 Å². The van der Waals surface area contributed by atoms with Crippen LogP contribution in [0.1, 0.15) is 46.1 Å². The molecule has 4 aromatic heterocycles. The van der Waals surface area contributed by atoms with E-state index in [1.54, 1.807) is 27.4 Å². The molecule has 14 heteroatoms. The first-order chi connectivity index (χ1) is 20.2. The summed E-state index contributed by atoms with van der Waals surface area (Å²) in [6.45, 7) is 2.73. The van der Waals surface area contributed by atoms with E-state index in [0.29, 0.717) is 43.0 Å². The maximum Gasteiger partial charge on any atom is 0.433 e. The van der Waals surface area contributed by atoms with Crippen molar-refractivity contribution in [2.45, 2.75) is 36.9 Å². The van der Waals surface area contributed by atoms with Gasteiger partial charge in [0, 0.05) is 37.5 Å². The predicted octanol–water partition coefficient (Wildman–Crippen LogP) is 4.79. The van der Waals surface area contributed by atoms with Crippen molar-refractivity contribution in [3.05, 3.63) is 95.7 Å². The van der Waals surface area contributed by atoms with E-state index in [1.807, 2.05) is 37.3 Å². The van der Waals surface area contributed by atoms with Crippen molar-refractivity contribution >= 4 is 28.4 Å². The molecule has 1 fully saturated rings. The van der Waals surface area contributed by atoms with Crippen LogP contribution >= 0.6 is 0 Å². The van der Waals surface area contributed by atoms with Crippen molar-refractivity contribution in [2.24, 2.45) is 0 Å². The number of hydrogen-bond donors (Lipinski definition) is 1. The smallest absolute Gasteiger partial charge is 0.306 e. The lowest BCUT2D eigenvalue weighted by Crippen LogP contribution is -2.35. The molecule has 42 heavy (non-hydrogen) atoms. The third-order valence-corrected chi connectivity index (χ3v) is 8.49. The number of anilines is 1. The number of fused-ring (bicyclic) bond motifs is 1. The summed E-state index contributed by atoms with van der Waals surface area (Å²) < 4.78 is 57.2. The Morgan fingerprint density at radius 1 is 1.07 bits per heavy atom. The van der Waals surface area contributed by atoms with Crippen molar-refractivity contribution in [3.63, 3.8) is 0 Å². The Morgan fingerprint density at radius 2 is 1.83 bits per heavy atom. The Kier molecular flexibility index (Phi) is 7.33. The van der Waals surface area contributed by atoms with Gasteiger partial charge >= 0.3 is 6.18 Å². The molecule has 1 amide bonds. The Labute approximate surface area is 240 Å². The minimum atomic E-state index is -4.61. The van der Waals surface area contributed by atoms with Crippen LogP contribution in [0.3, 0.4) is 0 Å². The third kappa shape index (κ3) is 5.54. The summed E-state index contributed by atoms with van der Waals surface area (Å²) in [5.74, 6) is 0.0596. The van der Waals surface area contributed by atoms with Crippen LogP contribution in [-0.4, -0.2) is 56.9 Å². The molecule has 1 atom stereocenters. The number of nitrogens with zero attached hydrogens (tertiary/aromatic N) is 7. The van der Waals surface area contributed by atoms with Gasteiger partial charge in [-0.1, -0.05) is 23.8 Å². The first kappa shape index (κ1) is 27.7. The summed E-state index contributed by atoms with van der Waals surface area (Å²) >= 11 is 0. The number of halogens is 3. The Morgan fingerprint density at radius 3 is 2.57 bits per heavy atom. The molecule has 0 saturated carbocycles. The summed E-state index contributed by atoms with van der Waals surface area (Å²) in [6.07, 6.45) is 1.28. The molecule has 0 bridgehead atoms. The van der Waals surface area contributed by atoms with E-state index in [1.165, 1.54) is 22.8 Å².